The predicted octanol–water partition coefficient (Wildman–Crippen LogP) is 4.08. The lowest BCUT2D eigenvalue weighted by Crippen LogP contribution is -2.29. The Kier molecular flexibility index (Phi) is 5.08. The quantitative estimate of drug-likeness (QED) is 0.818. The van der Waals surface area contributed by atoms with Crippen LogP contribution in [0.15, 0.2) is 36.4 Å². The molecular weight excluding hydrogens is 329 g/mol. The van der Waals surface area contributed by atoms with Crippen LogP contribution in [0.5, 0.6) is 0 Å². The van der Waals surface area contributed by atoms with E-state index in [2.05, 4.69) is 5.32 Å². The highest BCUT2D eigenvalue weighted by Crippen LogP contribution is 2.34. The van der Waals surface area contributed by atoms with Gasteiger partial charge in [-0.2, -0.15) is 0 Å². The average molecular weight is 348 g/mol. The number of rotatable bonds is 4. The molecule has 3 rings (SSSR count). The van der Waals surface area contributed by atoms with E-state index in [1.54, 1.807) is 24.3 Å². The summed E-state index contributed by atoms with van der Waals surface area (Å²) in [5.74, 6) is -4.22. The molecule has 0 aliphatic heterocycles. The van der Waals surface area contributed by atoms with Crippen LogP contribution in [-0.2, 0) is 4.79 Å². The predicted molar refractivity (Wildman–Crippen MR) is 90.3 cm³/mol. The number of para-hydroxylation sites is 1. The molecule has 2 aromatic carbocycles. The second kappa shape index (κ2) is 7.27. The third-order valence-electron chi connectivity index (χ3n) is 4.78. The zero-order valence-corrected chi connectivity index (χ0v) is 13.6. The standard InChI is InChI=1S/C19H19F3N2O/c20-15-8-12(9-16(21)18(15)22)13-5-1-2-7-17(13)24-19(25)14-6-3-4-11(14)10-23/h1-2,5,7-9,11,14H,3-4,6,10,23H2,(H,24,25)/t11-,14-/m1/s1. The van der Waals surface area contributed by atoms with E-state index >= 15 is 0 Å². The van der Waals surface area contributed by atoms with Crippen LogP contribution in [0, 0.1) is 29.3 Å². The number of benzene rings is 2. The van der Waals surface area contributed by atoms with Crippen LogP contribution >= 0.6 is 0 Å². The Bertz CT molecular complexity index is 771. The Labute approximate surface area is 144 Å². The zero-order chi connectivity index (χ0) is 18.0. The van der Waals surface area contributed by atoms with E-state index < -0.39 is 17.5 Å². The largest absolute Gasteiger partial charge is 0.330 e. The second-order valence-corrected chi connectivity index (χ2v) is 6.32. The third kappa shape index (κ3) is 3.54. The van der Waals surface area contributed by atoms with Gasteiger partial charge in [0.05, 0.1) is 0 Å². The SMILES string of the molecule is NC[C@H]1CCC[C@H]1C(=O)Nc1ccccc1-c1cc(F)c(F)c(F)c1. The van der Waals surface area contributed by atoms with E-state index in [1.165, 1.54) is 0 Å². The number of nitrogens with two attached hydrogens (primary N) is 1. The van der Waals surface area contributed by atoms with E-state index in [0.717, 1.165) is 31.4 Å². The van der Waals surface area contributed by atoms with E-state index in [1.807, 2.05) is 0 Å². The molecule has 1 aliphatic rings. The Morgan fingerprint density at radius 2 is 1.80 bits per heavy atom. The molecule has 1 fully saturated rings. The number of nitrogens with one attached hydrogen (secondary N) is 1. The third-order valence-corrected chi connectivity index (χ3v) is 4.78. The maximum absolute atomic E-state index is 13.5. The summed E-state index contributed by atoms with van der Waals surface area (Å²) in [6.07, 6.45) is 2.65. The van der Waals surface area contributed by atoms with Gasteiger partial charge in [0.1, 0.15) is 0 Å². The molecule has 0 bridgehead atoms. The van der Waals surface area contributed by atoms with Crippen molar-refractivity contribution in [2.75, 3.05) is 11.9 Å². The van der Waals surface area contributed by atoms with Crippen LogP contribution in [0.25, 0.3) is 11.1 Å². The van der Waals surface area contributed by atoms with Crippen molar-refractivity contribution in [1.29, 1.82) is 0 Å². The molecule has 3 nitrogen and oxygen atoms in total. The summed E-state index contributed by atoms with van der Waals surface area (Å²) in [7, 11) is 0. The minimum absolute atomic E-state index is 0.146. The van der Waals surface area contributed by atoms with E-state index in [9.17, 15) is 18.0 Å². The molecule has 1 saturated carbocycles. The fourth-order valence-corrected chi connectivity index (χ4v) is 3.44. The van der Waals surface area contributed by atoms with Gasteiger partial charge in [-0.15, -0.1) is 0 Å². The lowest BCUT2D eigenvalue weighted by Gasteiger charge is -2.19. The molecule has 0 radical (unpaired) electrons. The van der Waals surface area contributed by atoms with Crippen molar-refractivity contribution in [3.63, 3.8) is 0 Å². The van der Waals surface area contributed by atoms with Gasteiger partial charge in [0.25, 0.3) is 0 Å². The van der Waals surface area contributed by atoms with Gasteiger partial charge in [-0.3, -0.25) is 4.79 Å². The molecular formula is C19H19F3N2O. The molecule has 0 unspecified atom stereocenters. The lowest BCUT2D eigenvalue weighted by molar-refractivity contribution is -0.120. The minimum atomic E-state index is -1.51. The first-order chi connectivity index (χ1) is 12.0. The molecule has 1 amide bonds. The van der Waals surface area contributed by atoms with Crippen LogP contribution in [0.4, 0.5) is 18.9 Å². The van der Waals surface area contributed by atoms with E-state index in [0.29, 0.717) is 17.8 Å². The second-order valence-electron chi connectivity index (χ2n) is 6.32. The Morgan fingerprint density at radius 1 is 1.12 bits per heavy atom. The fraction of sp³-hybridized carbons (Fsp3) is 0.316. The summed E-state index contributed by atoms with van der Waals surface area (Å²) in [5.41, 5.74) is 6.74. The van der Waals surface area contributed by atoms with E-state index in [-0.39, 0.29) is 23.3 Å². The number of anilines is 1. The maximum Gasteiger partial charge on any atom is 0.227 e. The van der Waals surface area contributed by atoms with Crippen LogP contribution in [0.2, 0.25) is 0 Å². The molecule has 0 aromatic heterocycles. The summed E-state index contributed by atoms with van der Waals surface area (Å²) < 4.78 is 40.3. The summed E-state index contributed by atoms with van der Waals surface area (Å²) in [4.78, 5) is 12.6. The summed E-state index contributed by atoms with van der Waals surface area (Å²) >= 11 is 0. The molecule has 0 saturated heterocycles. The monoisotopic (exact) mass is 348 g/mol. The van der Waals surface area contributed by atoms with Crippen LogP contribution < -0.4 is 11.1 Å². The van der Waals surface area contributed by atoms with Crippen molar-refractivity contribution in [3.05, 3.63) is 53.8 Å². The van der Waals surface area contributed by atoms with Crippen molar-refractivity contribution in [3.8, 4) is 11.1 Å². The van der Waals surface area contributed by atoms with Crippen LogP contribution in [0.3, 0.4) is 0 Å². The number of carbonyl (C=O) groups excluding carboxylic acids is 1. The zero-order valence-electron chi connectivity index (χ0n) is 13.6. The number of hydrogen-bond donors (Lipinski definition) is 2. The van der Waals surface area contributed by atoms with Gasteiger partial charge in [-0.05, 0) is 49.1 Å². The van der Waals surface area contributed by atoms with Gasteiger partial charge in [-0.25, -0.2) is 13.2 Å². The Balaban J connectivity index is 1.90. The molecule has 2 atom stereocenters. The number of hydrogen-bond acceptors (Lipinski definition) is 2. The molecule has 0 spiro atoms. The van der Waals surface area contributed by atoms with Gasteiger partial charge in [0.15, 0.2) is 17.5 Å². The van der Waals surface area contributed by atoms with Crippen molar-refractivity contribution in [1.82, 2.24) is 0 Å². The average Bonchev–Trinajstić information content (AvgIpc) is 3.08. The smallest absolute Gasteiger partial charge is 0.227 e. The molecule has 1 aliphatic carbocycles. The van der Waals surface area contributed by atoms with Crippen molar-refractivity contribution < 1.29 is 18.0 Å². The molecule has 3 N–H and O–H groups in total. The topological polar surface area (TPSA) is 55.1 Å². The number of amides is 1. The Morgan fingerprint density at radius 3 is 2.48 bits per heavy atom. The highest BCUT2D eigenvalue weighted by molar-refractivity contribution is 5.97. The van der Waals surface area contributed by atoms with Gasteiger partial charge >= 0.3 is 0 Å². The molecule has 25 heavy (non-hydrogen) atoms. The van der Waals surface area contributed by atoms with Gasteiger partial charge < -0.3 is 11.1 Å². The number of carbonyl (C=O) groups is 1. The van der Waals surface area contributed by atoms with Gasteiger partial charge in [-0.1, -0.05) is 24.6 Å². The highest BCUT2D eigenvalue weighted by atomic mass is 19.2. The minimum Gasteiger partial charge on any atom is -0.330 e. The maximum atomic E-state index is 13.5. The van der Waals surface area contributed by atoms with Crippen molar-refractivity contribution in [2.24, 2.45) is 17.6 Å². The Hall–Kier alpha value is -2.34. The first-order valence-electron chi connectivity index (χ1n) is 8.26. The highest BCUT2D eigenvalue weighted by Gasteiger charge is 2.32. The molecule has 0 heterocycles. The van der Waals surface area contributed by atoms with E-state index in [4.69, 9.17) is 5.73 Å². The van der Waals surface area contributed by atoms with Crippen LogP contribution in [0.1, 0.15) is 19.3 Å². The first kappa shape index (κ1) is 17.5. The van der Waals surface area contributed by atoms with Crippen molar-refractivity contribution in [2.45, 2.75) is 19.3 Å². The van der Waals surface area contributed by atoms with Gasteiger partial charge in [0.2, 0.25) is 5.91 Å². The van der Waals surface area contributed by atoms with Gasteiger partial charge in [0, 0.05) is 17.2 Å². The fourth-order valence-electron chi connectivity index (χ4n) is 3.44. The van der Waals surface area contributed by atoms with Crippen molar-refractivity contribution >= 4 is 11.6 Å². The first-order valence-corrected chi connectivity index (χ1v) is 8.26. The summed E-state index contributed by atoms with van der Waals surface area (Å²) in [6.45, 7) is 0.452. The lowest BCUT2D eigenvalue weighted by atomic mass is 9.95. The molecule has 6 heteroatoms. The molecule has 132 valence electrons. The summed E-state index contributed by atoms with van der Waals surface area (Å²) in [5, 5.41) is 2.84. The molecule has 2 aromatic rings. The summed E-state index contributed by atoms with van der Waals surface area (Å²) in [6, 6.07) is 8.51. The normalized spacial score (nSPS) is 19.8. The van der Waals surface area contributed by atoms with Crippen LogP contribution in [-0.4, -0.2) is 12.5 Å². The number of halogens is 3.